The van der Waals surface area contributed by atoms with Crippen molar-refractivity contribution in [2.24, 2.45) is 0 Å². The Kier molecular flexibility index (Phi) is 6.33. The van der Waals surface area contributed by atoms with Gasteiger partial charge >= 0.3 is 5.97 Å². The van der Waals surface area contributed by atoms with Crippen LogP contribution in [0.5, 0.6) is 0 Å². The lowest BCUT2D eigenvalue weighted by Gasteiger charge is -2.08. The van der Waals surface area contributed by atoms with E-state index >= 15 is 0 Å². The number of carbonyl (C=O) groups excluding carboxylic acids is 2. The van der Waals surface area contributed by atoms with Crippen LogP contribution in [0.25, 0.3) is 0 Å². The van der Waals surface area contributed by atoms with Gasteiger partial charge in [-0.1, -0.05) is 29.3 Å². The molecule has 0 fully saturated rings. The van der Waals surface area contributed by atoms with Crippen LogP contribution in [0.2, 0.25) is 10.0 Å². The zero-order valence-corrected chi connectivity index (χ0v) is 14.5. The summed E-state index contributed by atoms with van der Waals surface area (Å²) >= 11 is 13.2. The summed E-state index contributed by atoms with van der Waals surface area (Å²) < 4.78 is 4.59. The molecule has 0 saturated carbocycles. The van der Waals surface area contributed by atoms with Gasteiger partial charge in [0, 0.05) is 15.6 Å². The molecule has 1 N–H and O–H groups in total. The third-order valence-corrected chi connectivity index (χ3v) is 4.37. The smallest absolute Gasteiger partial charge is 0.315 e. The summed E-state index contributed by atoms with van der Waals surface area (Å²) in [6.45, 7) is 0. The molecular formula is C16H13Cl2NO3S. The van der Waals surface area contributed by atoms with E-state index in [4.69, 9.17) is 23.2 Å². The van der Waals surface area contributed by atoms with E-state index in [0.29, 0.717) is 16.3 Å². The number of amides is 1. The molecule has 2 aromatic rings. The summed E-state index contributed by atoms with van der Waals surface area (Å²) in [5.74, 6) is -0.434. The first kappa shape index (κ1) is 17.7. The zero-order valence-electron chi connectivity index (χ0n) is 12.1. The van der Waals surface area contributed by atoms with E-state index in [1.54, 1.807) is 30.3 Å². The maximum atomic E-state index is 12.3. The molecule has 0 aliphatic heterocycles. The Morgan fingerprint density at radius 3 is 2.65 bits per heavy atom. The summed E-state index contributed by atoms with van der Waals surface area (Å²) in [5.41, 5.74) is 0.944. The number of hydrogen-bond donors (Lipinski definition) is 1. The van der Waals surface area contributed by atoms with Gasteiger partial charge in [-0.3, -0.25) is 9.59 Å². The van der Waals surface area contributed by atoms with Crippen LogP contribution in [-0.2, 0) is 9.53 Å². The van der Waals surface area contributed by atoms with E-state index in [-0.39, 0.29) is 22.7 Å². The Hall–Kier alpha value is -1.69. The molecule has 0 aliphatic rings. The van der Waals surface area contributed by atoms with E-state index in [1.165, 1.54) is 24.9 Å². The van der Waals surface area contributed by atoms with E-state index in [0.717, 1.165) is 4.90 Å². The van der Waals surface area contributed by atoms with Crippen molar-refractivity contribution >= 4 is 52.5 Å². The van der Waals surface area contributed by atoms with E-state index in [9.17, 15) is 9.59 Å². The molecule has 0 spiro atoms. The van der Waals surface area contributed by atoms with Crippen molar-refractivity contribution in [2.45, 2.75) is 4.90 Å². The molecule has 0 radical (unpaired) electrons. The summed E-state index contributed by atoms with van der Waals surface area (Å²) in [5, 5.41) is 3.51. The summed E-state index contributed by atoms with van der Waals surface area (Å²) in [7, 11) is 1.34. The lowest BCUT2D eigenvalue weighted by molar-refractivity contribution is -0.137. The van der Waals surface area contributed by atoms with Gasteiger partial charge in [0.1, 0.15) is 0 Å². The van der Waals surface area contributed by atoms with Gasteiger partial charge < -0.3 is 10.1 Å². The Bertz CT molecular complexity index is 737. The second-order valence-electron chi connectivity index (χ2n) is 4.47. The van der Waals surface area contributed by atoms with Crippen molar-refractivity contribution < 1.29 is 14.3 Å². The fourth-order valence-electron chi connectivity index (χ4n) is 1.74. The summed E-state index contributed by atoms with van der Waals surface area (Å²) in [4.78, 5) is 24.3. The number of hydrogen-bond acceptors (Lipinski definition) is 4. The molecule has 0 aliphatic carbocycles. The first-order chi connectivity index (χ1) is 11.0. The van der Waals surface area contributed by atoms with Crippen LogP contribution in [0.3, 0.4) is 0 Å². The number of thioether (sulfide) groups is 1. The van der Waals surface area contributed by atoms with E-state index in [2.05, 4.69) is 10.1 Å². The molecule has 2 rings (SSSR count). The first-order valence-corrected chi connectivity index (χ1v) is 8.30. The number of carbonyl (C=O) groups is 2. The summed E-state index contributed by atoms with van der Waals surface area (Å²) in [6, 6.07) is 11.8. The van der Waals surface area contributed by atoms with Crippen LogP contribution in [0, 0.1) is 0 Å². The highest BCUT2D eigenvalue weighted by Gasteiger charge is 2.11. The largest absolute Gasteiger partial charge is 0.468 e. The maximum Gasteiger partial charge on any atom is 0.315 e. The Labute approximate surface area is 148 Å². The molecule has 0 bridgehead atoms. The monoisotopic (exact) mass is 369 g/mol. The minimum Gasteiger partial charge on any atom is -0.468 e. The molecule has 0 saturated heterocycles. The number of methoxy groups -OCH3 is 1. The number of ether oxygens (including phenoxy) is 1. The highest BCUT2D eigenvalue weighted by Crippen LogP contribution is 2.24. The fraction of sp³-hybridized carbons (Fsp3) is 0.125. The van der Waals surface area contributed by atoms with Crippen molar-refractivity contribution in [3.8, 4) is 0 Å². The normalized spacial score (nSPS) is 10.2. The second-order valence-corrected chi connectivity index (χ2v) is 6.36. The van der Waals surface area contributed by atoms with Gasteiger partial charge in [-0.15, -0.1) is 11.8 Å². The topological polar surface area (TPSA) is 55.4 Å². The van der Waals surface area contributed by atoms with Gasteiger partial charge in [0.25, 0.3) is 5.91 Å². The average Bonchev–Trinajstić information content (AvgIpc) is 2.52. The molecule has 120 valence electrons. The zero-order chi connectivity index (χ0) is 16.8. The van der Waals surface area contributed by atoms with Gasteiger partial charge in [0.05, 0.1) is 23.4 Å². The number of halogens is 2. The van der Waals surface area contributed by atoms with Crippen LogP contribution in [-0.4, -0.2) is 24.7 Å². The summed E-state index contributed by atoms with van der Waals surface area (Å²) in [6.07, 6.45) is 0. The van der Waals surface area contributed by atoms with Crippen molar-refractivity contribution in [3.63, 3.8) is 0 Å². The van der Waals surface area contributed by atoms with Gasteiger partial charge in [-0.25, -0.2) is 0 Å². The first-order valence-electron chi connectivity index (χ1n) is 6.55. The molecule has 4 nitrogen and oxygen atoms in total. The Morgan fingerprint density at radius 1 is 1.17 bits per heavy atom. The standard InChI is InChI=1S/C16H13Cl2NO3S/c1-22-15(20)9-23-12-4-2-3-11(8-12)19-16(21)13-6-5-10(17)7-14(13)18/h2-8H,9H2,1H3,(H,19,21). The van der Waals surface area contributed by atoms with Crippen molar-refractivity contribution in [1.82, 2.24) is 0 Å². The van der Waals surface area contributed by atoms with Gasteiger partial charge in [-0.05, 0) is 36.4 Å². The third-order valence-electron chi connectivity index (χ3n) is 2.85. The SMILES string of the molecule is COC(=O)CSc1cccc(NC(=O)c2ccc(Cl)cc2Cl)c1. The van der Waals surface area contributed by atoms with Crippen LogP contribution < -0.4 is 5.32 Å². The average molecular weight is 370 g/mol. The number of esters is 1. The van der Waals surface area contributed by atoms with E-state index in [1.807, 2.05) is 6.07 Å². The molecule has 7 heteroatoms. The van der Waals surface area contributed by atoms with Crippen molar-refractivity contribution in [1.29, 1.82) is 0 Å². The number of benzene rings is 2. The Morgan fingerprint density at radius 2 is 1.96 bits per heavy atom. The van der Waals surface area contributed by atoms with Crippen LogP contribution in [0.4, 0.5) is 5.69 Å². The molecule has 23 heavy (non-hydrogen) atoms. The third kappa shape index (κ3) is 5.16. The van der Waals surface area contributed by atoms with Crippen LogP contribution in [0.15, 0.2) is 47.4 Å². The van der Waals surface area contributed by atoms with Crippen LogP contribution in [0.1, 0.15) is 10.4 Å². The van der Waals surface area contributed by atoms with E-state index < -0.39 is 0 Å². The minimum atomic E-state index is -0.332. The quantitative estimate of drug-likeness (QED) is 0.622. The van der Waals surface area contributed by atoms with Crippen molar-refractivity contribution in [2.75, 3.05) is 18.2 Å². The lowest BCUT2D eigenvalue weighted by Crippen LogP contribution is -2.12. The predicted molar refractivity (Wildman–Crippen MR) is 93.6 cm³/mol. The van der Waals surface area contributed by atoms with Gasteiger partial charge in [-0.2, -0.15) is 0 Å². The minimum absolute atomic E-state index is 0.205. The molecule has 0 aromatic heterocycles. The highest BCUT2D eigenvalue weighted by atomic mass is 35.5. The number of rotatable bonds is 5. The molecule has 0 heterocycles. The molecule has 0 atom stereocenters. The van der Waals surface area contributed by atoms with Crippen molar-refractivity contribution in [3.05, 3.63) is 58.1 Å². The fourth-order valence-corrected chi connectivity index (χ4v) is 3.02. The predicted octanol–water partition coefficient (Wildman–Crippen LogP) is 4.51. The maximum absolute atomic E-state index is 12.3. The molecule has 2 aromatic carbocycles. The van der Waals surface area contributed by atoms with Crippen LogP contribution >= 0.6 is 35.0 Å². The Balaban J connectivity index is 2.07. The molecule has 1 amide bonds. The van der Waals surface area contributed by atoms with Gasteiger partial charge in [0.15, 0.2) is 0 Å². The number of anilines is 1. The lowest BCUT2D eigenvalue weighted by atomic mass is 10.2. The molecule has 0 unspecified atom stereocenters. The number of nitrogens with one attached hydrogen (secondary N) is 1. The van der Waals surface area contributed by atoms with Gasteiger partial charge in [0.2, 0.25) is 0 Å². The molecular weight excluding hydrogens is 357 g/mol. The highest BCUT2D eigenvalue weighted by molar-refractivity contribution is 8.00. The second kappa shape index (κ2) is 8.24.